The van der Waals surface area contributed by atoms with E-state index < -0.39 is 5.92 Å². The number of imidazole rings is 1. The number of carbonyl (C=O) groups excluding carboxylic acids is 1. The summed E-state index contributed by atoms with van der Waals surface area (Å²) in [5.41, 5.74) is 2.64. The molecule has 0 spiro atoms. The van der Waals surface area contributed by atoms with Gasteiger partial charge in [0.15, 0.2) is 0 Å². The molecule has 0 bridgehead atoms. The van der Waals surface area contributed by atoms with Gasteiger partial charge >= 0.3 is 0 Å². The quantitative estimate of drug-likeness (QED) is 0.549. The molecule has 2 fully saturated rings. The Labute approximate surface area is 187 Å². The predicted octanol–water partition coefficient (Wildman–Crippen LogP) is 3.63. The zero-order chi connectivity index (χ0) is 21.9. The third-order valence-electron chi connectivity index (χ3n) is 6.48. The van der Waals surface area contributed by atoms with E-state index in [2.05, 4.69) is 32.0 Å². The molecule has 164 valence electrons. The van der Waals surface area contributed by atoms with Gasteiger partial charge in [0, 0.05) is 38.3 Å². The number of hydrogen-bond donors (Lipinski definition) is 1. The first-order valence-corrected chi connectivity index (χ1v) is 11.5. The van der Waals surface area contributed by atoms with Crippen LogP contribution in [0.2, 0.25) is 0 Å². The maximum atomic E-state index is 11.7. The Kier molecular flexibility index (Phi) is 5.71. The fourth-order valence-corrected chi connectivity index (χ4v) is 4.58. The molecule has 8 nitrogen and oxygen atoms in total. The summed E-state index contributed by atoms with van der Waals surface area (Å²) in [7, 11) is 0. The van der Waals surface area contributed by atoms with Crippen molar-refractivity contribution in [3.63, 3.8) is 0 Å². The van der Waals surface area contributed by atoms with Crippen molar-refractivity contribution in [1.82, 2.24) is 24.4 Å². The third kappa shape index (κ3) is 3.91. The summed E-state index contributed by atoms with van der Waals surface area (Å²) in [5.74, 6) is 0.945. The van der Waals surface area contributed by atoms with Crippen molar-refractivity contribution in [2.75, 3.05) is 25.0 Å². The molecule has 1 aromatic carbocycles. The van der Waals surface area contributed by atoms with Crippen LogP contribution < -0.4 is 5.32 Å². The molecule has 1 unspecified atom stereocenters. The highest BCUT2D eigenvalue weighted by Crippen LogP contribution is 2.38. The zero-order valence-electron chi connectivity index (χ0n) is 18.1. The Morgan fingerprint density at radius 3 is 2.81 bits per heavy atom. The molecule has 0 radical (unpaired) electrons. The van der Waals surface area contributed by atoms with E-state index in [0.29, 0.717) is 30.6 Å². The Hall–Kier alpha value is -3.47. The minimum Gasteiger partial charge on any atom is -0.354 e. The normalized spacial score (nSPS) is 17.3. The van der Waals surface area contributed by atoms with Gasteiger partial charge in [0.05, 0.1) is 22.8 Å². The maximum Gasteiger partial charge on any atom is 0.222 e. The predicted molar refractivity (Wildman–Crippen MR) is 121 cm³/mol. The van der Waals surface area contributed by atoms with E-state index in [9.17, 15) is 10.1 Å². The monoisotopic (exact) mass is 429 g/mol. The van der Waals surface area contributed by atoms with Gasteiger partial charge in [-0.25, -0.2) is 15.0 Å². The van der Waals surface area contributed by atoms with Crippen molar-refractivity contribution in [3.8, 4) is 6.07 Å². The van der Waals surface area contributed by atoms with E-state index in [-0.39, 0.29) is 5.91 Å². The van der Waals surface area contributed by atoms with Gasteiger partial charge in [-0.2, -0.15) is 5.26 Å². The lowest BCUT2D eigenvalue weighted by Gasteiger charge is -2.30. The molecule has 8 heteroatoms. The molecular formula is C24H27N7O. The molecule has 1 atom stereocenters. The average Bonchev–Trinajstić information content (AvgIpc) is 3.35. The van der Waals surface area contributed by atoms with Gasteiger partial charge in [-0.15, -0.1) is 0 Å². The number of hydrogen-bond acceptors (Lipinski definition) is 6. The van der Waals surface area contributed by atoms with E-state index in [4.69, 9.17) is 4.98 Å². The minimum absolute atomic E-state index is 0.245. The Morgan fingerprint density at radius 1 is 1.19 bits per heavy atom. The number of amides is 1. The van der Waals surface area contributed by atoms with Crippen LogP contribution in [-0.4, -0.2) is 50.0 Å². The largest absolute Gasteiger partial charge is 0.354 e. The van der Waals surface area contributed by atoms with E-state index in [1.807, 2.05) is 23.1 Å². The SMILES string of the molecule is N#CC(c1ccnc(NCCCN2CCCC2=O)n1)c1nc2ccccc2n1C1CCC1. The molecule has 3 aromatic rings. The highest BCUT2D eigenvalue weighted by atomic mass is 16.2. The molecule has 2 aliphatic rings. The Morgan fingerprint density at radius 2 is 2.06 bits per heavy atom. The van der Waals surface area contributed by atoms with Crippen LogP contribution in [0.1, 0.15) is 62.0 Å². The maximum absolute atomic E-state index is 11.7. The lowest BCUT2D eigenvalue weighted by molar-refractivity contribution is -0.127. The van der Waals surface area contributed by atoms with Crippen LogP contribution in [0.4, 0.5) is 5.95 Å². The topological polar surface area (TPSA) is 99.7 Å². The summed E-state index contributed by atoms with van der Waals surface area (Å²) in [6.07, 6.45) is 7.58. The van der Waals surface area contributed by atoms with Crippen molar-refractivity contribution in [1.29, 1.82) is 5.26 Å². The number of rotatable bonds is 8. The smallest absolute Gasteiger partial charge is 0.222 e. The molecule has 2 aromatic heterocycles. The summed E-state index contributed by atoms with van der Waals surface area (Å²) in [5, 5.41) is 13.3. The molecule has 1 aliphatic carbocycles. The number of carbonyl (C=O) groups is 1. The van der Waals surface area contributed by atoms with Gasteiger partial charge in [-0.3, -0.25) is 4.79 Å². The molecule has 32 heavy (non-hydrogen) atoms. The minimum atomic E-state index is -0.561. The summed E-state index contributed by atoms with van der Waals surface area (Å²) in [6, 6.07) is 12.7. The molecule has 3 heterocycles. The van der Waals surface area contributed by atoms with Crippen molar-refractivity contribution in [2.24, 2.45) is 0 Å². The summed E-state index contributed by atoms with van der Waals surface area (Å²) in [4.78, 5) is 27.5. The number of aromatic nitrogens is 4. The van der Waals surface area contributed by atoms with Crippen LogP contribution >= 0.6 is 0 Å². The molecule has 1 N–H and O–H groups in total. The number of nitrogens with one attached hydrogen (secondary N) is 1. The first kappa shape index (κ1) is 20.4. The van der Waals surface area contributed by atoms with Crippen LogP contribution in [0.15, 0.2) is 36.5 Å². The van der Waals surface area contributed by atoms with Gasteiger partial charge in [0.2, 0.25) is 11.9 Å². The van der Waals surface area contributed by atoms with Gasteiger partial charge < -0.3 is 14.8 Å². The highest BCUT2D eigenvalue weighted by molar-refractivity contribution is 5.78. The highest BCUT2D eigenvalue weighted by Gasteiger charge is 2.30. The summed E-state index contributed by atoms with van der Waals surface area (Å²) in [6.45, 7) is 2.28. The van der Waals surface area contributed by atoms with Gasteiger partial charge in [0.25, 0.3) is 0 Å². The fraction of sp³-hybridized carbons (Fsp3) is 0.458. The van der Waals surface area contributed by atoms with E-state index >= 15 is 0 Å². The van der Waals surface area contributed by atoms with Crippen LogP contribution in [0.5, 0.6) is 0 Å². The fourth-order valence-electron chi connectivity index (χ4n) is 4.58. The lowest BCUT2D eigenvalue weighted by atomic mass is 9.92. The number of nitrogens with zero attached hydrogens (tertiary/aromatic N) is 6. The van der Waals surface area contributed by atoms with Crippen molar-refractivity contribution in [2.45, 2.75) is 50.5 Å². The zero-order valence-corrected chi connectivity index (χ0v) is 18.1. The number of benzene rings is 1. The number of para-hydroxylation sites is 2. The second kappa shape index (κ2) is 8.95. The lowest BCUT2D eigenvalue weighted by Crippen LogP contribution is -2.27. The van der Waals surface area contributed by atoms with Crippen molar-refractivity contribution in [3.05, 3.63) is 48.0 Å². The number of likely N-dealkylation sites (tertiary alicyclic amines) is 1. The average molecular weight is 430 g/mol. The first-order valence-electron chi connectivity index (χ1n) is 11.5. The van der Waals surface area contributed by atoms with E-state index in [0.717, 1.165) is 55.6 Å². The van der Waals surface area contributed by atoms with E-state index in [1.165, 1.54) is 6.42 Å². The van der Waals surface area contributed by atoms with Crippen molar-refractivity contribution < 1.29 is 4.79 Å². The van der Waals surface area contributed by atoms with Crippen LogP contribution in [0.3, 0.4) is 0 Å². The summed E-state index contributed by atoms with van der Waals surface area (Å²) >= 11 is 0. The number of fused-ring (bicyclic) bond motifs is 1. The number of nitriles is 1. The molecule has 1 aliphatic heterocycles. The first-order chi connectivity index (χ1) is 15.7. The molecule has 1 saturated heterocycles. The second-order valence-electron chi connectivity index (χ2n) is 8.55. The van der Waals surface area contributed by atoms with Crippen LogP contribution in [0.25, 0.3) is 11.0 Å². The van der Waals surface area contributed by atoms with Crippen LogP contribution in [0, 0.1) is 11.3 Å². The second-order valence-corrected chi connectivity index (χ2v) is 8.55. The molecule has 5 rings (SSSR count). The standard InChI is InChI=1S/C24H27N7O/c25-16-18(23-28-20-8-1-2-9-21(20)31(23)17-6-3-7-17)19-11-13-27-24(29-19)26-12-5-15-30-14-4-10-22(30)32/h1-2,8-9,11,13,17-18H,3-7,10,12,14-15H2,(H,26,27,29). The van der Waals surface area contributed by atoms with Crippen molar-refractivity contribution >= 4 is 22.9 Å². The van der Waals surface area contributed by atoms with Crippen LogP contribution in [-0.2, 0) is 4.79 Å². The molecular weight excluding hydrogens is 402 g/mol. The third-order valence-corrected chi connectivity index (χ3v) is 6.48. The Bertz CT molecular complexity index is 1160. The number of anilines is 1. The van der Waals surface area contributed by atoms with E-state index in [1.54, 1.807) is 12.3 Å². The summed E-state index contributed by atoms with van der Waals surface area (Å²) < 4.78 is 2.25. The van der Waals surface area contributed by atoms with Gasteiger partial charge in [-0.05, 0) is 50.3 Å². The molecule has 1 amide bonds. The van der Waals surface area contributed by atoms with Gasteiger partial charge in [0.1, 0.15) is 11.7 Å². The van der Waals surface area contributed by atoms with Gasteiger partial charge in [-0.1, -0.05) is 12.1 Å². The Balaban J connectivity index is 1.34. The molecule has 1 saturated carbocycles.